The highest BCUT2D eigenvalue weighted by Gasteiger charge is 2.51. The molecule has 0 aromatic carbocycles. The van der Waals surface area contributed by atoms with Crippen LogP contribution in [0, 0.1) is 0 Å². The van der Waals surface area contributed by atoms with Crippen LogP contribution in [-0.2, 0) is 10.0 Å². The molecule has 13 heavy (non-hydrogen) atoms. The van der Waals surface area contributed by atoms with Gasteiger partial charge in [-0.05, 0) is 25.8 Å². The maximum absolute atomic E-state index is 11.5. The summed E-state index contributed by atoms with van der Waals surface area (Å²) in [7, 11) is -3.00. The molecule has 76 valence electrons. The van der Waals surface area contributed by atoms with Gasteiger partial charge in [-0.15, -0.1) is 0 Å². The third kappa shape index (κ3) is 1.73. The molecule has 1 aliphatic heterocycles. The van der Waals surface area contributed by atoms with Crippen molar-refractivity contribution in [2.24, 2.45) is 0 Å². The molecule has 0 bridgehead atoms. The van der Waals surface area contributed by atoms with Gasteiger partial charge in [-0.2, -0.15) is 4.31 Å². The fraction of sp³-hybridized carbons (Fsp3) is 1.00. The normalized spacial score (nSPS) is 28.7. The maximum atomic E-state index is 11.5. The van der Waals surface area contributed by atoms with Crippen molar-refractivity contribution in [3.8, 4) is 0 Å². The topological polar surface area (TPSA) is 49.4 Å². The van der Waals surface area contributed by atoms with Crippen LogP contribution in [0.1, 0.15) is 19.3 Å². The van der Waals surface area contributed by atoms with E-state index in [0.29, 0.717) is 6.54 Å². The zero-order valence-corrected chi connectivity index (χ0v) is 8.73. The Labute approximate surface area is 79.4 Å². The van der Waals surface area contributed by atoms with Gasteiger partial charge in [0, 0.05) is 18.6 Å². The Morgan fingerprint density at radius 3 is 2.62 bits per heavy atom. The number of hydrogen-bond donors (Lipinski definition) is 1. The molecule has 2 rings (SSSR count). The minimum Gasteiger partial charge on any atom is -0.315 e. The second kappa shape index (κ2) is 2.93. The van der Waals surface area contributed by atoms with E-state index in [1.54, 1.807) is 4.31 Å². The molecule has 0 aromatic heterocycles. The van der Waals surface area contributed by atoms with Crippen LogP contribution in [0.15, 0.2) is 0 Å². The molecule has 1 spiro atoms. The molecular weight excluding hydrogens is 188 g/mol. The van der Waals surface area contributed by atoms with Crippen molar-refractivity contribution < 1.29 is 8.42 Å². The Hall–Kier alpha value is -0.130. The van der Waals surface area contributed by atoms with Crippen LogP contribution in [-0.4, -0.2) is 44.2 Å². The summed E-state index contributed by atoms with van der Waals surface area (Å²) in [6.45, 7) is 2.46. The Kier molecular flexibility index (Phi) is 2.13. The lowest BCUT2D eigenvalue weighted by molar-refractivity contribution is 0.318. The summed E-state index contributed by atoms with van der Waals surface area (Å²) in [4.78, 5) is 0. The van der Waals surface area contributed by atoms with E-state index in [1.165, 1.54) is 6.26 Å². The Morgan fingerprint density at radius 1 is 1.38 bits per heavy atom. The van der Waals surface area contributed by atoms with E-state index in [4.69, 9.17) is 0 Å². The van der Waals surface area contributed by atoms with Crippen LogP contribution < -0.4 is 5.32 Å². The maximum Gasteiger partial charge on any atom is 0.211 e. The third-order valence-electron chi connectivity index (χ3n) is 2.93. The zero-order chi connectivity index (χ0) is 9.53. The number of sulfonamides is 1. The molecule has 1 saturated carbocycles. The van der Waals surface area contributed by atoms with Gasteiger partial charge < -0.3 is 5.32 Å². The van der Waals surface area contributed by atoms with Crippen molar-refractivity contribution in [2.75, 3.05) is 25.9 Å². The number of rotatable bonds is 1. The van der Waals surface area contributed by atoms with Gasteiger partial charge in [0.1, 0.15) is 0 Å². The molecule has 1 heterocycles. The van der Waals surface area contributed by atoms with Gasteiger partial charge in [0.15, 0.2) is 0 Å². The second-order valence-corrected chi connectivity index (χ2v) is 6.00. The predicted molar refractivity (Wildman–Crippen MR) is 51.0 cm³/mol. The standard InChI is InChI=1S/C8H16N2O2S/c1-13(11,12)10-6-2-5-9-7-8(10)3-4-8/h9H,2-7H2,1H3. The first-order valence-corrected chi connectivity index (χ1v) is 6.58. The molecule has 0 radical (unpaired) electrons. The summed E-state index contributed by atoms with van der Waals surface area (Å²) < 4.78 is 24.7. The van der Waals surface area contributed by atoms with Gasteiger partial charge >= 0.3 is 0 Å². The molecule has 0 amide bonds. The smallest absolute Gasteiger partial charge is 0.211 e. The van der Waals surface area contributed by atoms with E-state index in [9.17, 15) is 8.42 Å². The summed E-state index contributed by atoms with van der Waals surface area (Å²) in [5.74, 6) is 0. The van der Waals surface area contributed by atoms with Gasteiger partial charge in [0.05, 0.1) is 6.26 Å². The van der Waals surface area contributed by atoms with Crippen LogP contribution in [0.4, 0.5) is 0 Å². The summed E-state index contributed by atoms with van der Waals surface area (Å²) in [6.07, 6.45) is 4.29. The minimum absolute atomic E-state index is 0.0515. The number of hydrogen-bond acceptors (Lipinski definition) is 3. The second-order valence-electron chi connectivity index (χ2n) is 4.09. The summed E-state index contributed by atoms with van der Waals surface area (Å²) in [5, 5.41) is 3.30. The molecule has 2 fully saturated rings. The Bertz CT molecular complexity index is 295. The van der Waals surface area contributed by atoms with Crippen LogP contribution in [0.5, 0.6) is 0 Å². The van der Waals surface area contributed by atoms with Gasteiger partial charge in [0.25, 0.3) is 0 Å². The molecule has 4 nitrogen and oxygen atoms in total. The van der Waals surface area contributed by atoms with Gasteiger partial charge in [-0.1, -0.05) is 0 Å². The summed E-state index contributed by atoms with van der Waals surface area (Å²) in [6, 6.07) is 0. The lowest BCUT2D eigenvalue weighted by Gasteiger charge is -2.26. The first-order chi connectivity index (χ1) is 6.05. The van der Waals surface area contributed by atoms with E-state index in [2.05, 4.69) is 5.32 Å². The molecule has 1 N–H and O–H groups in total. The van der Waals surface area contributed by atoms with E-state index in [1.807, 2.05) is 0 Å². The van der Waals surface area contributed by atoms with Crippen LogP contribution >= 0.6 is 0 Å². The molecule has 0 unspecified atom stereocenters. The highest BCUT2D eigenvalue weighted by molar-refractivity contribution is 7.88. The van der Waals surface area contributed by atoms with Crippen molar-refractivity contribution >= 4 is 10.0 Å². The predicted octanol–water partition coefficient (Wildman–Crippen LogP) is -0.226. The van der Waals surface area contributed by atoms with Crippen molar-refractivity contribution in [1.82, 2.24) is 9.62 Å². The highest BCUT2D eigenvalue weighted by atomic mass is 32.2. The fourth-order valence-electron chi connectivity index (χ4n) is 2.08. The lowest BCUT2D eigenvalue weighted by atomic mass is 10.3. The highest BCUT2D eigenvalue weighted by Crippen LogP contribution is 2.43. The van der Waals surface area contributed by atoms with Crippen LogP contribution in [0.25, 0.3) is 0 Å². The van der Waals surface area contributed by atoms with E-state index < -0.39 is 10.0 Å². The Balaban J connectivity index is 2.23. The SMILES string of the molecule is CS(=O)(=O)N1CCCNCC12CC2. The van der Waals surface area contributed by atoms with Gasteiger partial charge in [-0.3, -0.25) is 0 Å². The monoisotopic (exact) mass is 204 g/mol. The van der Waals surface area contributed by atoms with Crippen LogP contribution in [0.2, 0.25) is 0 Å². The summed E-state index contributed by atoms with van der Waals surface area (Å²) in [5.41, 5.74) is -0.0515. The first-order valence-electron chi connectivity index (χ1n) is 4.73. The first kappa shape index (κ1) is 9.43. The summed E-state index contributed by atoms with van der Waals surface area (Å²) >= 11 is 0. The number of nitrogens with one attached hydrogen (secondary N) is 1. The van der Waals surface area contributed by atoms with Crippen molar-refractivity contribution in [2.45, 2.75) is 24.8 Å². The van der Waals surface area contributed by atoms with Crippen molar-refractivity contribution in [1.29, 1.82) is 0 Å². The van der Waals surface area contributed by atoms with E-state index >= 15 is 0 Å². The van der Waals surface area contributed by atoms with Gasteiger partial charge in [-0.25, -0.2) is 8.42 Å². The van der Waals surface area contributed by atoms with E-state index in [0.717, 1.165) is 32.4 Å². The molecule has 1 saturated heterocycles. The largest absolute Gasteiger partial charge is 0.315 e. The Morgan fingerprint density at radius 2 is 2.08 bits per heavy atom. The molecular formula is C8H16N2O2S. The zero-order valence-electron chi connectivity index (χ0n) is 7.91. The molecule has 2 aliphatic rings. The molecule has 1 aliphatic carbocycles. The fourth-order valence-corrected chi connectivity index (χ4v) is 3.49. The van der Waals surface area contributed by atoms with E-state index in [-0.39, 0.29) is 5.54 Å². The van der Waals surface area contributed by atoms with Crippen LogP contribution in [0.3, 0.4) is 0 Å². The quantitative estimate of drug-likeness (QED) is 0.642. The van der Waals surface area contributed by atoms with Crippen molar-refractivity contribution in [3.05, 3.63) is 0 Å². The average Bonchev–Trinajstić information content (AvgIpc) is 2.78. The molecule has 0 aromatic rings. The molecule has 0 atom stereocenters. The third-order valence-corrected chi connectivity index (χ3v) is 4.30. The average molecular weight is 204 g/mol. The van der Waals surface area contributed by atoms with Crippen molar-refractivity contribution in [3.63, 3.8) is 0 Å². The minimum atomic E-state index is -3.00. The van der Waals surface area contributed by atoms with Gasteiger partial charge in [0.2, 0.25) is 10.0 Å². The molecule has 5 heteroatoms. The number of nitrogens with zero attached hydrogens (tertiary/aromatic N) is 1. The lowest BCUT2D eigenvalue weighted by Crippen LogP contribution is -2.45.